The Hall–Kier alpha value is -2.11. The highest BCUT2D eigenvalue weighted by Gasteiger charge is 2.16. The first-order chi connectivity index (χ1) is 13.7. The van der Waals surface area contributed by atoms with Crippen molar-refractivity contribution in [3.8, 4) is 5.88 Å². The summed E-state index contributed by atoms with van der Waals surface area (Å²) in [5, 5.41) is 3.70. The SMILES string of the molecule is O=C1CCCc2ccc(OCCCCN3CCc4cc(Cl)ccc4C3)nc2N1. The molecular formula is C22H26ClN3O2. The molecule has 1 aromatic carbocycles. The molecule has 6 heteroatoms. The average molecular weight is 400 g/mol. The fourth-order valence-corrected chi connectivity index (χ4v) is 4.07. The second kappa shape index (κ2) is 8.93. The lowest BCUT2D eigenvalue weighted by molar-refractivity contribution is -0.116. The number of hydrogen-bond donors (Lipinski definition) is 1. The molecule has 2 aromatic rings. The van der Waals surface area contributed by atoms with E-state index in [1.807, 2.05) is 18.2 Å². The number of ether oxygens (including phenoxy) is 1. The molecule has 2 aliphatic heterocycles. The average Bonchev–Trinajstić information content (AvgIpc) is 2.87. The Morgan fingerprint density at radius 2 is 1.96 bits per heavy atom. The number of amides is 1. The maximum Gasteiger partial charge on any atom is 0.225 e. The molecule has 5 nitrogen and oxygen atoms in total. The monoisotopic (exact) mass is 399 g/mol. The van der Waals surface area contributed by atoms with Gasteiger partial charge in [0.05, 0.1) is 6.61 Å². The molecule has 0 saturated carbocycles. The maximum atomic E-state index is 11.7. The van der Waals surface area contributed by atoms with Crippen LogP contribution in [0.25, 0.3) is 0 Å². The van der Waals surface area contributed by atoms with Gasteiger partial charge in [0.1, 0.15) is 5.82 Å². The van der Waals surface area contributed by atoms with Gasteiger partial charge in [-0.3, -0.25) is 9.69 Å². The van der Waals surface area contributed by atoms with Crippen molar-refractivity contribution in [2.75, 3.05) is 25.0 Å². The van der Waals surface area contributed by atoms with Crippen molar-refractivity contribution in [3.63, 3.8) is 0 Å². The summed E-state index contributed by atoms with van der Waals surface area (Å²) in [6, 6.07) is 10.1. The van der Waals surface area contributed by atoms with Crippen molar-refractivity contribution in [3.05, 3.63) is 52.0 Å². The quantitative estimate of drug-likeness (QED) is 0.738. The van der Waals surface area contributed by atoms with Gasteiger partial charge < -0.3 is 10.1 Å². The summed E-state index contributed by atoms with van der Waals surface area (Å²) in [6.45, 7) is 3.79. The largest absolute Gasteiger partial charge is 0.478 e. The Labute approximate surface area is 171 Å². The van der Waals surface area contributed by atoms with Crippen LogP contribution in [0.3, 0.4) is 0 Å². The first-order valence-corrected chi connectivity index (χ1v) is 10.5. The molecule has 148 valence electrons. The predicted molar refractivity (Wildman–Crippen MR) is 111 cm³/mol. The summed E-state index contributed by atoms with van der Waals surface area (Å²) < 4.78 is 5.81. The standard InChI is InChI=1S/C22H26ClN3O2/c23-19-8-6-18-15-26(12-10-17(18)14-19)11-1-2-13-28-21-9-7-16-4-3-5-20(27)24-22(16)25-21/h6-9,14H,1-5,10-13,15H2,(H,24,25,27). The summed E-state index contributed by atoms with van der Waals surface area (Å²) in [6.07, 6.45) is 5.44. The lowest BCUT2D eigenvalue weighted by Gasteiger charge is -2.28. The molecule has 1 aromatic heterocycles. The summed E-state index contributed by atoms with van der Waals surface area (Å²) in [5.41, 5.74) is 3.86. The van der Waals surface area contributed by atoms with E-state index in [1.165, 1.54) is 11.1 Å². The first-order valence-electron chi connectivity index (χ1n) is 10.1. The highest BCUT2D eigenvalue weighted by Crippen LogP contribution is 2.24. The number of benzene rings is 1. The summed E-state index contributed by atoms with van der Waals surface area (Å²) in [5.74, 6) is 1.28. The van der Waals surface area contributed by atoms with E-state index < -0.39 is 0 Å². The number of nitrogens with one attached hydrogen (secondary N) is 1. The van der Waals surface area contributed by atoms with E-state index in [1.54, 1.807) is 0 Å². The van der Waals surface area contributed by atoms with Gasteiger partial charge in [-0.2, -0.15) is 4.98 Å². The van der Waals surface area contributed by atoms with E-state index in [-0.39, 0.29) is 5.91 Å². The van der Waals surface area contributed by atoms with Gasteiger partial charge in [-0.15, -0.1) is 0 Å². The van der Waals surface area contributed by atoms with Crippen LogP contribution in [0.2, 0.25) is 5.02 Å². The van der Waals surface area contributed by atoms with E-state index in [4.69, 9.17) is 16.3 Å². The Morgan fingerprint density at radius 1 is 1.07 bits per heavy atom. The number of fused-ring (bicyclic) bond motifs is 2. The number of aromatic nitrogens is 1. The molecule has 1 amide bonds. The summed E-state index contributed by atoms with van der Waals surface area (Å²) in [4.78, 5) is 18.7. The smallest absolute Gasteiger partial charge is 0.225 e. The molecule has 2 aliphatic rings. The van der Waals surface area contributed by atoms with Gasteiger partial charge in [-0.25, -0.2) is 0 Å². The molecule has 0 aliphatic carbocycles. The molecule has 1 N–H and O–H groups in total. The number of halogens is 1. The van der Waals surface area contributed by atoms with E-state index in [9.17, 15) is 4.79 Å². The van der Waals surface area contributed by atoms with Gasteiger partial charge in [0.25, 0.3) is 0 Å². The molecule has 0 atom stereocenters. The topological polar surface area (TPSA) is 54.5 Å². The van der Waals surface area contributed by atoms with E-state index in [0.717, 1.165) is 62.3 Å². The number of pyridine rings is 1. The molecule has 0 fully saturated rings. The fourth-order valence-electron chi connectivity index (χ4n) is 3.88. The third-order valence-corrected chi connectivity index (χ3v) is 5.67. The predicted octanol–water partition coefficient (Wildman–Crippen LogP) is 4.23. The third-order valence-electron chi connectivity index (χ3n) is 5.44. The Bertz CT molecular complexity index is 856. The molecule has 3 heterocycles. The number of unbranched alkanes of at least 4 members (excludes halogenated alkanes) is 1. The number of rotatable bonds is 6. The minimum atomic E-state index is 0.0359. The molecular weight excluding hydrogens is 374 g/mol. The third kappa shape index (κ3) is 4.83. The van der Waals surface area contributed by atoms with Crippen LogP contribution in [0.5, 0.6) is 5.88 Å². The van der Waals surface area contributed by atoms with Crippen molar-refractivity contribution < 1.29 is 9.53 Å². The zero-order valence-electron chi connectivity index (χ0n) is 16.0. The highest BCUT2D eigenvalue weighted by molar-refractivity contribution is 6.30. The van der Waals surface area contributed by atoms with E-state index in [2.05, 4.69) is 27.3 Å². The van der Waals surface area contributed by atoms with Crippen molar-refractivity contribution in [2.45, 2.75) is 45.1 Å². The van der Waals surface area contributed by atoms with Crippen LogP contribution in [0.1, 0.15) is 42.4 Å². The minimum Gasteiger partial charge on any atom is -0.478 e. The van der Waals surface area contributed by atoms with Gasteiger partial charge >= 0.3 is 0 Å². The molecule has 0 radical (unpaired) electrons. The van der Waals surface area contributed by atoms with Crippen LogP contribution < -0.4 is 10.1 Å². The second-order valence-corrected chi connectivity index (χ2v) is 7.99. The van der Waals surface area contributed by atoms with Crippen LogP contribution in [0, 0.1) is 0 Å². The lowest BCUT2D eigenvalue weighted by Crippen LogP contribution is -2.31. The van der Waals surface area contributed by atoms with Crippen molar-refractivity contribution in [1.29, 1.82) is 0 Å². The Balaban J connectivity index is 1.20. The number of aryl methyl sites for hydroxylation is 1. The maximum absolute atomic E-state index is 11.7. The normalized spacial score (nSPS) is 16.7. The first kappa shape index (κ1) is 19.2. The van der Waals surface area contributed by atoms with Gasteiger partial charge in [0.2, 0.25) is 11.8 Å². The van der Waals surface area contributed by atoms with Crippen LogP contribution in [-0.4, -0.2) is 35.5 Å². The van der Waals surface area contributed by atoms with Gasteiger partial charge in [-0.1, -0.05) is 17.7 Å². The van der Waals surface area contributed by atoms with E-state index in [0.29, 0.717) is 24.7 Å². The van der Waals surface area contributed by atoms with Crippen molar-refractivity contribution in [1.82, 2.24) is 9.88 Å². The molecule has 0 bridgehead atoms. The lowest BCUT2D eigenvalue weighted by atomic mass is 10.00. The summed E-state index contributed by atoms with van der Waals surface area (Å²) >= 11 is 6.08. The van der Waals surface area contributed by atoms with Crippen LogP contribution in [0.15, 0.2) is 30.3 Å². The summed E-state index contributed by atoms with van der Waals surface area (Å²) in [7, 11) is 0. The number of nitrogens with zero attached hydrogens (tertiary/aromatic N) is 2. The zero-order valence-corrected chi connectivity index (χ0v) is 16.8. The van der Waals surface area contributed by atoms with Gasteiger partial charge in [-0.05, 0) is 73.5 Å². The van der Waals surface area contributed by atoms with Gasteiger partial charge in [0.15, 0.2) is 0 Å². The van der Waals surface area contributed by atoms with Gasteiger partial charge in [0, 0.05) is 30.6 Å². The minimum absolute atomic E-state index is 0.0359. The number of hydrogen-bond acceptors (Lipinski definition) is 4. The van der Waals surface area contributed by atoms with Crippen molar-refractivity contribution in [2.24, 2.45) is 0 Å². The molecule has 0 saturated heterocycles. The molecule has 0 unspecified atom stereocenters. The molecule has 4 rings (SSSR count). The van der Waals surface area contributed by atoms with Crippen molar-refractivity contribution >= 4 is 23.3 Å². The van der Waals surface area contributed by atoms with Crippen LogP contribution >= 0.6 is 11.6 Å². The second-order valence-electron chi connectivity index (χ2n) is 7.55. The highest BCUT2D eigenvalue weighted by atomic mass is 35.5. The van der Waals surface area contributed by atoms with E-state index >= 15 is 0 Å². The number of carbonyl (C=O) groups is 1. The molecule has 28 heavy (non-hydrogen) atoms. The Kier molecular flexibility index (Phi) is 6.13. The zero-order chi connectivity index (χ0) is 19.3. The van der Waals surface area contributed by atoms with Crippen LogP contribution in [-0.2, 0) is 24.2 Å². The number of anilines is 1. The van der Waals surface area contributed by atoms with Crippen LogP contribution in [0.4, 0.5) is 5.82 Å². The number of carbonyl (C=O) groups excluding carboxylic acids is 1. The molecule has 0 spiro atoms. The Morgan fingerprint density at radius 3 is 2.89 bits per heavy atom. The fraction of sp³-hybridized carbons (Fsp3) is 0.455.